The molecule has 2 aromatic rings. The maximum Gasteiger partial charge on any atom is 0.338 e. The molecule has 0 unspecified atom stereocenters. The van der Waals surface area contributed by atoms with Crippen molar-refractivity contribution < 1.29 is 23.5 Å². The molecule has 4 atom stereocenters. The van der Waals surface area contributed by atoms with Gasteiger partial charge in [0, 0.05) is 0 Å². The van der Waals surface area contributed by atoms with Crippen LogP contribution in [0.2, 0.25) is 0 Å². The number of rotatable bonds is 4. The number of esters is 1. The number of ether oxygens (including phenoxy) is 1. The highest BCUT2D eigenvalue weighted by Crippen LogP contribution is 2.53. The van der Waals surface area contributed by atoms with Gasteiger partial charge in [-0.2, -0.15) is 0 Å². The Morgan fingerprint density at radius 2 is 1.70 bits per heavy atom. The van der Waals surface area contributed by atoms with E-state index < -0.39 is 5.97 Å². The van der Waals surface area contributed by atoms with E-state index in [1.165, 1.54) is 11.2 Å². The van der Waals surface area contributed by atoms with Crippen LogP contribution < -0.4 is 4.90 Å². The molecule has 3 aliphatic rings. The fraction of sp³-hybridized carbons (Fsp3) is 0.286. The average Bonchev–Trinajstić information content (AvgIpc) is 3.45. The number of amides is 2. The summed E-state index contributed by atoms with van der Waals surface area (Å²) in [5.41, 5.74) is 0.854. The van der Waals surface area contributed by atoms with Crippen molar-refractivity contribution in [1.82, 2.24) is 0 Å². The third-order valence-electron chi connectivity index (χ3n) is 5.76. The second-order valence-corrected chi connectivity index (χ2v) is 7.21. The number of allylic oxidation sites excluding steroid dienone is 2. The first kappa shape index (κ1) is 16.1. The van der Waals surface area contributed by atoms with Crippen molar-refractivity contribution in [3.63, 3.8) is 0 Å². The van der Waals surface area contributed by atoms with Gasteiger partial charge in [0.25, 0.3) is 0 Å². The summed E-state index contributed by atoms with van der Waals surface area (Å²) in [5.74, 6) is -0.297. The average molecular weight is 363 g/mol. The highest BCUT2D eigenvalue weighted by atomic mass is 16.5. The largest absolute Gasteiger partial charge is 0.466 e. The molecule has 6 heteroatoms. The zero-order valence-electron chi connectivity index (χ0n) is 14.4. The summed E-state index contributed by atoms with van der Waals surface area (Å²) >= 11 is 0. The first-order chi connectivity index (χ1) is 13.1. The van der Waals surface area contributed by atoms with E-state index in [9.17, 15) is 14.4 Å². The van der Waals surface area contributed by atoms with Crippen LogP contribution in [-0.4, -0.2) is 17.8 Å². The summed E-state index contributed by atoms with van der Waals surface area (Å²) < 4.78 is 10.3. The minimum absolute atomic E-state index is 0.0514. The van der Waals surface area contributed by atoms with Gasteiger partial charge in [-0.05, 0) is 54.7 Å². The maximum atomic E-state index is 12.8. The van der Waals surface area contributed by atoms with Crippen molar-refractivity contribution in [2.24, 2.45) is 23.7 Å². The Hall–Kier alpha value is -3.15. The number of benzene rings is 1. The molecule has 0 spiro atoms. The van der Waals surface area contributed by atoms with Crippen LogP contribution in [0.1, 0.15) is 22.5 Å². The molecule has 1 aliphatic heterocycles. The van der Waals surface area contributed by atoms with Crippen molar-refractivity contribution in [3.05, 3.63) is 66.1 Å². The topological polar surface area (TPSA) is 76.8 Å². The van der Waals surface area contributed by atoms with Gasteiger partial charge in [-0.15, -0.1) is 0 Å². The van der Waals surface area contributed by atoms with Gasteiger partial charge in [-0.25, -0.2) is 4.79 Å². The predicted octanol–water partition coefficient (Wildman–Crippen LogP) is 2.95. The van der Waals surface area contributed by atoms with Gasteiger partial charge in [-0.3, -0.25) is 14.5 Å². The first-order valence-electron chi connectivity index (χ1n) is 8.99. The van der Waals surface area contributed by atoms with Crippen LogP contribution in [-0.2, 0) is 20.9 Å². The lowest BCUT2D eigenvalue weighted by Gasteiger charge is -2.17. The smallest absolute Gasteiger partial charge is 0.338 e. The summed E-state index contributed by atoms with van der Waals surface area (Å²) in [5, 5.41) is 0. The molecule has 6 nitrogen and oxygen atoms in total. The molecule has 5 rings (SSSR count). The number of nitrogens with zero attached hydrogens (tertiary/aromatic N) is 1. The molecule has 1 saturated heterocycles. The lowest BCUT2D eigenvalue weighted by Crippen LogP contribution is -2.32. The Kier molecular flexibility index (Phi) is 3.53. The molecule has 136 valence electrons. The van der Waals surface area contributed by atoms with E-state index in [0.29, 0.717) is 17.0 Å². The monoisotopic (exact) mass is 363 g/mol. The van der Waals surface area contributed by atoms with Crippen LogP contribution >= 0.6 is 0 Å². The Balaban J connectivity index is 1.31. The lowest BCUT2D eigenvalue weighted by molar-refractivity contribution is -0.123. The van der Waals surface area contributed by atoms with Crippen LogP contribution in [0.15, 0.2) is 59.2 Å². The van der Waals surface area contributed by atoms with Gasteiger partial charge in [0.1, 0.15) is 12.4 Å². The molecule has 0 N–H and O–H groups in total. The van der Waals surface area contributed by atoms with Gasteiger partial charge in [0.15, 0.2) is 0 Å². The molecule has 1 aromatic heterocycles. The number of carbonyl (C=O) groups excluding carboxylic acids is 3. The molecule has 1 aromatic carbocycles. The van der Waals surface area contributed by atoms with E-state index >= 15 is 0 Å². The quantitative estimate of drug-likeness (QED) is 0.474. The SMILES string of the molecule is O=C(OCc1ccco1)c1ccc(N2C(=O)[C@H]3[C@H](C2=O)[C@H]2C=C[C@H]3C2)cc1. The minimum atomic E-state index is -0.490. The van der Waals surface area contributed by atoms with Crippen molar-refractivity contribution >= 4 is 23.5 Å². The number of fused-ring (bicyclic) bond motifs is 5. The number of hydrogen-bond acceptors (Lipinski definition) is 5. The third kappa shape index (κ3) is 2.44. The van der Waals surface area contributed by atoms with Crippen LogP contribution in [0.3, 0.4) is 0 Å². The summed E-state index contributed by atoms with van der Waals surface area (Å²) in [6.07, 6.45) is 6.55. The summed E-state index contributed by atoms with van der Waals surface area (Å²) in [6, 6.07) is 9.83. The number of imide groups is 1. The van der Waals surface area contributed by atoms with E-state index in [0.717, 1.165) is 6.42 Å². The van der Waals surface area contributed by atoms with Crippen LogP contribution in [0.25, 0.3) is 0 Å². The number of furan rings is 1. The van der Waals surface area contributed by atoms with Gasteiger partial charge in [0.2, 0.25) is 11.8 Å². The summed E-state index contributed by atoms with van der Waals surface area (Å²) in [4.78, 5) is 39.0. The summed E-state index contributed by atoms with van der Waals surface area (Å²) in [7, 11) is 0. The number of carbonyl (C=O) groups is 3. The highest BCUT2D eigenvalue weighted by Gasteiger charge is 2.59. The molecule has 2 amide bonds. The standard InChI is InChI=1S/C21H17NO5/c23-19-17-13-3-4-14(10-13)18(17)20(24)22(19)15-7-5-12(6-8-15)21(25)27-11-16-2-1-9-26-16/h1-9,13-14,17-18H,10-11H2/t13-,14-,17+,18+/m0/s1. The minimum Gasteiger partial charge on any atom is -0.466 e. The van der Waals surface area contributed by atoms with Crippen LogP contribution in [0.4, 0.5) is 5.69 Å². The van der Waals surface area contributed by atoms with Crippen molar-refractivity contribution in [2.45, 2.75) is 13.0 Å². The van der Waals surface area contributed by atoms with Gasteiger partial charge < -0.3 is 9.15 Å². The van der Waals surface area contributed by atoms with Gasteiger partial charge in [0.05, 0.1) is 29.3 Å². The Labute approximate surface area is 155 Å². The van der Waals surface area contributed by atoms with E-state index in [1.54, 1.807) is 36.4 Å². The Morgan fingerprint density at radius 1 is 1.04 bits per heavy atom. The molecule has 2 heterocycles. The molecule has 2 fully saturated rings. The maximum absolute atomic E-state index is 12.8. The number of anilines is 1. The summed E-state index contributed by atoms with van der Waals surface area (Å²) in [6.45, 7) is 0.0514. The van der Waals surface area contributed by atoms with Gasteiger partial charge >= 0.3 is 5.97 Å². The zero-order chi connectivity index (χ0) is 18.5. The molecule has 2 bridgehead atoms. The zero-order valence-corrected chi connectivity index (χ0v) is 14.4. The first-order valence-corrected chi connectivity index (χ1v) is 8.99. The third-order valence-corrected chi connectivity index (χ3v) is 5.76. The molecular formula is C21H17NO5. The lowest BCUT2D eigenvalue weighted by atomic mass is 9.85. The van der Waals surface area contributed by atoms with Crippen LogP contribution in [0.5, 0.6) is 0 Å². The van der Waals surface area contributed by atoms with E-state index in [4.69, 9.17) is 9.15 Å². The molecule has 0 radical (unpaired) electrons. The van der Waals surface area contributed by atoms with Crippen molar-refractivity contribution in [3.8, 4) is 0 Å². The highest BCUT2D eigenvalue weighted by molar-refractivity contribution is 6.22. The Morgan fingerprint density at radius 3 is 2.30 bits per heavy atom. The molecule has 1 saturated carbocycles. The predicted molar refractivity (Wildman–Crippen MR) is 94.5 cm³/mol. The molecule has 2 aliphatic carbocycles. The van der Waals surface area contributed by atoms with E-state index in [-0.39, 0.29) is 42.1 Å². The van der Waals surface area contributed by atoms with Crippen molar-refractivity contribution in [2.75, 3.05) is 4.90 Å². The fourth-order valence-electron chi connectivity index (χ4n) is 4.52. The Bertz CT molecular complexity index is 913. The number of hydrogen-bond donors (Lipinski definition) is 0. The fourth-order valence-corrected chi connectivity index (χ4v) is 4.52. The van der Waals surface area contributed by atoms with Crippen molar-refractivity contribution in [1.29, 1.82) is 0 Å². The van der Waals surface area contributed by atoms with E-state index in [2.05, 4.69) is 12.2 Å². The molecular weight excluding hydrogens is 346 g/mol. The van der Waals surface area contributed by atoms with Crippen LogP contribution in [0, 0.1) is 23.7 Å². The second kappa shape index (κ2) is 5.94. The second-order valence-electron chi connectivity index (χ2n) is 7.21. The molecule has 27 heavy (non-hydrogen) atoms. The van der Waals surface area contributed by atoms with E-state index in [1.807, 2.05) is 0 Å². The normalized spacial score (nSPS) is 28.1. The van der Waals surface area contributed by atoms with Gasteiger partial charge in [-0.1, -0.05) is 12.2 Å².